The van der Waals surface area contributed by atoms with E-state index in [1.54, 1.807) is 24.3 Å². The predicted molar refractivity (Wildman–Crippen MR) is 78.0 cm³/mol. The maximum absolute atomic E-state index is 11.9. The molecule has 4 heteroatoms. The summed E-state index contributed by atoms with van der Waals surface area (Å²) in [6, 6.07) is 7.04. The first-order valence-electron chi connectivity index (χ1n) is 6.97. The number of hydrogen-bond acceptors (Lipinski definition) is 3. The predicted octanol–water partition coefficient (Wildman–Crippen LogP) is 1.73. The molecular weight excluding hydrogens is 238 g/mol. The summed E-state index contributed by atoms with van der Waals surface area (Å²) in [6.07, 6.45) is 3.61. The molecule has 2 rings (SSSR count). The standard InChI is InChI=1S/C15H23N3O/c1-18-10-2-3-12(11-18)8-9-17-15(19)13-4-6-14(16)7-5-13/h4-7,12H,2-3,8-11,16H2,1H3,(H,17,19). The van der Waals surface area contributed by atoms with Crippen molar-refractivity contribution in [3.8, 4) is 0 Å². The monoisotopic (exact) mass is 261 g/mol. The molecule has 1 fully saturated rings. The molecule has 1 saturated heterocycles. The Bertz CT molecular complexity index is 416. The van der Waals surface area contributed by atoms with Crippen LogP contribution < -0.4 is 11.1 Å². The zero-order valence-electron chi connectivity index (χ0n) is 11.6. The van der Waals surface area contributed by atoms with Crippen molar-refractivity contribution in [3.05, 3.63) is 29.8 Å². The van der Waals surface area contributed by atoms with Crippen molar-refractivity contribution in [2.75, 3.05) is 32.4 Å². The number of rotatable bonds is 4. The fourth-order valence-electron chi connectivity index (χ4n) is 2.64. The number of nitrogens with zero attached hydrogens (tertiary/aromatic N) is 1. The zero-order valence-corrected chi connectivity index (χ0v) is 11.6. The summed E-state index contributed by atoms with van der Waals surface area (Å²) in [4.78, 5) is 14.3. The lowest BCUT2D eigenvalue weighted by Gasteiger charge is -2.29. The molecule has 19 heavy (non-hydrogen) atoms. The Morgan fingerprint density at radius 2 is 2.16 bits per heavy atom. The van der Waals surface area contributed by atoms with E-state index in [0.717, 1.165) is 19.5 Å². The number of nitrogens with one attached hydrogen (secondary N) is 1. The van der Waals surface area contributed by atoms with Crippen LogP contribution >= 0.6 is 0 Å². The van der Waals surface area contributed by atoms with Crippen LogP contribution in [0.2, 0.25) is 0 Å². The maximum atomic E-state index is 11.9. The van der Waals surface area contributed by atoms with E-state index in [1.165, 1.54) is 19.4 Å². The van der Waals surface area contributed by atoms with Gasteiger partial charge in [0, 0.05) is 24.3 Å². The van der Waals surface area contributed by atoms with Crippen LogP contribution in [-0.2, 0) is 0 Å². The number of likely N-dealkylation sites (tertiary alicyclic amines) is 1. The molecule has 3 N–H and O–H groups in total. The Balaban J connectivity index is 1.73. The molecule has 1 aliphatic heterocycles. The largest absolute Gasteiger partial charge is 0.399 e. The minimum Gasteiger partial charge on any atom is -0.399 e. The molecule has 1 amide bonds. The average Bonchev–Trinajstić information content (AvgIpc) is 2.39. The lowest BCUT2D eigenvalue weighted by Crippen LogP contribution is -2.34. The molecule has 0 bridgehead atoms. The van der Waals surface area contributed by atoms with Gasteiger partial charge in [0.2, 0.25) is 0 Å². The number of piperidine rings is 1. The van der Waals surface area contributed by atoms with Crippen LogP contribution in [0.3, 0.4) is 0 Å². The van der Waals surface area contributed by atoms with Gasteiger partial charge in [-0.1, -0.05) is 0 Å². The van der Waals surface area contributed by atoms with Crippen molar-refractivity contribution in [3.63, 3.8) is 0 Å². The maximum Gasteiger partial charge on any atom is 0.251 e. The minimum absolute atomic E-state index is 0.0100. The van der Waals surface area contributed by atoms with Gasteiger partial charge in [-0.2, -0.15) is 0 Å². The summed E-state index contributed by atoms with van der Waals surface area (Å²) < 4.78 is 0. The molecule has 1 aromatic rings. The van der Waals surface area contributed by atoms with Gasteiger partial charge in [0.1, 0.15) is 0 Å². The Hall–Kier alpha value is -1.55. The second kappa shape index (κ2) is 6.57. The number of anilines is 1. The van der Waals surface area contributed by atoms with Crippen molar-refractivity contribution in [1.82, 2.24) is 10.2 Å². The molecule has 0 spiro atoms. The van der Waals surface area contributed by atoms with Crippen LogP contribution in [0.1, 0.15) is 29.6 Å². The van der Waals surface area contributed by atoms with Gasteiger partial charge in [-0.15, -0.1) is 0 Å². The fourth-order valence-corrected chi connectivity index (χ4v) is 2.64. The van der Waals surface area contributed by atoms with Crippen LogP contribution in [-0.4, -0.2) is 37.5 Å². The number of carbonyl (C=O) groups is 1. The molecule has 1 aromatic carbocycles. The lowest BCUT2D eigenvalue weighted by molar-refractivity contribution is 0.0948. The normalized spacial score (nSPS) is 20.2. The number of carbonyl (C=O) groups excluding carboxylic acids is 1. The Morgan fingerprint density at radius 1 is 1.42 bits per heavy atom. The molecule has 1 atom stereocenters. The summed E-state index contributed by atoms with van der Waals surface area (Å²) in [6.45, 7) is 3.10. The van der Waals surface area contributed by atoms with E-state index in [2.05, 4.69) is 17.3 Å². The zero-order chi connectivity index (χ0) is 13.7. The average molecular weight is 261 g/mol. The first-order chi connectivity index (χ1) is 9.15. The topological polar surface area (TPSA) is 58.4 Å². The minimum atomic E-state index is -0.0100. The number of benzene rings is 1. The smallest absolute Gasteiger partial charge is 0.251 e. The molecule has 0 aromatic heterocycles. The van der Waals surface area contributed by atoms with Crippen LogP contribution in [0, 0.1) is 5.92 Å². The third-order valence-electron chi connectivity index (χ3n) is 3.73. The summed E-state index contributed by atoms with van der Waals surface area (Å²) in [5, 5.41) is 2.98. The number of amides is 1. The molecule has 4 nitrogen and oxygen atoms in total. The molecule has 1 unspecified atom stereocenters. The molecule has 0 radical (unpaired) electrons. The number of hydrogen-bond donors (Lipinski definition) is 2. The van der Waals surface area contributed by atoms with Crippen molar-refractivity contribution in [1.29, 1.82) is 0 Å². The molecule has 0 saturated carbocycles. The van der Waals surface area contributed by atoms with Crippen LogP contribution in [0.5, 0.6) is 0 Å². The van der Waals surface area contributed by atoms with E-state index in [0.29, 0.717) is 17.2 Å². The van der Waals surface area contributed by atoms with Crippen molar-refractivity contribution < 1.29 is 4.79 Å². The fraction of sp³-hybridized carbons (Fsp3) is 0.533. The van der Waals surface area contributed by atoms with Gasteiger partial charge in [-0.05, 0) is 63.0 Å². The quantitative estimate of drug-likeness (QED) is 0.812. The number of nitrogens with two attached hydrogens (primary N) is 1. The van der Waals surface area contributed by atoms with Crippen molar-refractivity contribution in [2.24, 2.45) is 5.92 Å². The highest BCUT2D eigenvalue weighted by molar-refractivity contribution is 5.94. The Labute approximate surface area is 115 Å². The second-order valence-corrected chi connectivity index (χ2v) is 5.44. The summed E-state index contributed by atoms with van der Waals surface area (Å²) in [7, 11) is 2.17. The van der Waals surface area contributed by atoms with E-state index >= 15 is 0 Å². The third kappa shape index (κ3) is 4.24. The Morgan fingerprint density at radius 3 is 2.84 bits per heavy atom. The van der Waals surface area contributed by atoms with Gasteiger partial charge in [0.05, 0.1) is 0 Å². The van der Waals surface area contributed by atoms with Crippen LogP contribution in [0.15, 0.2) is 24.3 Å². The highest BCUT2D eigenvalue weighted by Gasteiger charge is 2.16. The summed E-state index contributed by atoms with van der Waals surface area (Å²) in [5.41, 5.74) is 6.96. The SMILES string of the molecule is CN1CCCC(CCNC(=O)c2ccc(N)cc2)C1. The molecule has 1 aliphatic rings. The van der Waals surface area contributed by atoms with Gasteiger partial charge < -0.3 is 16.0 Å². The molecule has 104 valence electrons. The molecular formula is C15H23N3O. The lowest BCUT2D eigenvalue weighted by atomic mass is 9.95. The van der Waals surface area contributed by atoms with E-state index in [4.69, 9.17) is 5.73 Å². The first kappa shape index (κ1) is 13.9. The molecule has 1 heterocycles. The van der Waals surface area contributed by atoms with Crippen LogP contribution in [0.25, 0.3) is 0 Å². The Kier molecular flexibility index (Phi) is 4.80. The van der Waals surface area contributed by atoms with Gasteiger partial charge in [-0.25, -0.2) is 0 Å². The van der Waals surface area contributed by atoms with Gasteiger partial charge in [0.15, 0.2) is 0 Å². The highest BCUT2D eigenvalue weighted by Crippen LogP contribution is 2.17. The highest BCUT2D eigenvalue weighted by atomic mass is 16.1. The van der Waals surface area contributed by atoms with Gasteiger partial charge in [0.25, 0.3) is 5.91 Å². The van der Waals surface area contributed by atoms with E-state index in [-0.39, 0.29) is 5.91 Å². The van der Waals surface area contributed by atoms with E-state index < -0.39 is 0 Å². The summed E-state index contributed by atoms with van der Waals surface area (Å²) in [5.74, 6) is 0.703. The van der Waals surface area contributed by atoms with Crippen molar-refractivity contribution in [2.45, 2.75) is 19.3 Å². The van der Waals surface area contributed by atoms with Gasteiger partial charge >= 0.3 is 0 Å². The molecule has 0 aliphatic carbocycles. The third-order valence-corrected chi connectivity index (χ3v) is 3.73. The van der Waals surface area contributed by atoms with Crippen LogP contribution in [0.4, 0.5) is 5.69 Å². The van der Waals surface area contributed by atoms with E-state index in [1.807, 2.05) is 0 Å². The summed E-state index contributed by atoms with van der Waals surface area (Å²) >= 11 is 0. The van der Waals surface area contributed by atoms with Gasteiger partial charge in [-0.3, -0.25) is 4.79 Å². The van der Waals surface area contributed by atoms with Crippen molar-refractivity contribution >= 4 is 11.6 Å². The number of nitrogen functional groups attached to an aromatic ring is 1. The van der Waals surface area contributed by atoms with E-state index in [9.17, 15) is 4.79 Å². The first-order valence-corrected chi connectivity index (χ1v) is 6.97. The second-order valence-electron chi connectivity index (χ2n) is 5.44.